The maximum atomic E-state index is 12.6. The van der Waals surface area contributed by atoms with Crippen molar-refractivity contribution in [3.05, 3.63) is 101 Å². The maximum Gasteiger partial charge on any atom is 0.337 e. The number of benzene rings is 2. The van der Waals surface area contributed by atoms with E-state index in [0.717, 1.165) is 16.3 Å². The molecule has 2 N–H and O–H groups in total. The maximum absolute atomic E-state index is 12.6. The number of aromatic nitrogens is 2. The molecule has 0 aliphatic carbocycles. The molecule has 2 aromatic heterocycles. The number of rotatable bonds is 5. The van der Waals surface area contributed by atoms with Crippen LogP contribution >= 0.6 is 0 Å². The molecular weight excluding hydrogens is 354 g/mol. The van der Waals surface area contributed by atoms with Crippen LogP contribution in [-0.4, -0.2) is 20.6 Å². The Balaban J connectivity index is 1.58. The van der Waals surface area contributed by atoms with E-state index in [2.05, 4.69) is 10.3 Å². The highest BCUT2D eigenvalue weighted by Crippen LogP contribution is 2.17. The number of aromatic carboxylic acids is 1. The molecule has 0 aliphatic heterocycles. The van der Waals surface area contributed by atoms with E-state index < -0.39 is 5.97 Å². The molecule has 0 saturated carbocycles. The number of hydrogen-bond donors (Lipinski definition) is 2. The van der Waals surface area contributed by atoms with Crippen LogP contribution in [0.4, 0.5) is 5.69 Å². The second-order valence-electron chi connectivity index (χ2n) is 6.34. The molecule has 2 heterocycles. The highest BCUT2D eigenvalue weighted by Gasteiger charge is 2.09. The van der Waals surface area contributed by atoms with E-state index in [4.69, 9.17) is 0 Å². The average molecular weight is 371 g/mol. The van der Waals surface area contributed by atoms with Gasteiger partial charge in [-0.05, 0) is 35.2 Å². The molecular formula is C22H17N3O3. The van der Waals surface area contributed by atoms with E-state index in [9.17, 15) is 14.7 Å². The molecule has 0 fully saturated rings. The highest BCUT2D eigenvalue weighted by molar-refractivity contribution is 5.94. The number of fused-ring (bicyclic) bond motifs is 1. The minimum absolute atomic E-state index is 0.191. The Morgan fingerprint density at radius 2 is 1.75 bits per heavy atom. The van der Waals surface area contributed by atoms with Crippen LogP contribution in [0.25, 0.3) is 16.6 Å². The summed E-state index contributed by atoms with van der Waals surface area (Å²) in [6, 6.07) is 19.7. The van der Waals surface area contributed by atoms with Gasteiger partial charge in [0.15, 0.2) is 0 Å². The highest BCUT2D eigenvalue weighted by atomic mass is 16.4. The Hall–Kier alpha value is -3.93. The Morgan fingerprint density at radius 1 is 1.00 bits per heavy atom. The number of nitrogens with zero attached hydrogens (tertiary/aromatic N) is 2. The zero-order valence-corrected chi connectivity index (χ0v) is 14.9. The molecule has 0 spiro atoms. The van der Waals surface area contributed by atoms with Crippen LogP contribution in [-0.2, 0) is 6.54 Å². The zero-order chi connectivity index (χ0) is 19.5. The third kappa shape index (κ3) is 3.48. The summed E-state index contributed by atoms with van der Waals surface area (Å²) in [6.07, 6.45) is 3.43. The van der Waals surface area contributed by atoms with Crippen molar-refractivity contribution in [1.82, 2.24) is 9.55 Å². The molecule has 0 aliphatic rings. The number of carboxylic acid groups (broad SMARTS) is 1. The Labute approximate surface area is 160 Å². The predicted octanol–water partition coefficient (Wildman–Crippen LogP) is 3.70. The van der Waals surface area contributed by atoms with Gasteiger partial charge in [-0.1, -0.05) is 36.4 Å². The second-order valence-corrected chi connectivity index (χ2v) is 6.34. The molecule has 0 unspecified atom stereocenters. The third-order valence-electron chi connectivity index (χ3n) is 4.49. The van der Waals surface area contributed by atoms with Gasteiger partial charge in [-0.2, -0.15) is 0 Å². The largest absolute Gasteiger partial charge is 0.478 e. The van der Waals surface area contributed by atoms with Gasteiger partial charge < -0.3 is 10.4 Å². The third-order valence-corrected chi connectivity index (χ3v) is 4.49. The van der Waals surface area contributed by atoms with E-state index in [1.54, 1.807) is 30.6 Å². The van der Waals surface area contributed by atoms with Crippen molar-refractivity contribution in [1.29, 1.82) is 0 Å². The Kier molecular flexibility index (Phi) is 4.60. The first-order valence-corrected chi connectivity index (χ1v) is 8.75. The van der Waals surface area contributed by atoms with Crippen LogP contribution in [0.3, 0.4) is 0 Å². The van der Waals surface area contributed by atoms with E-state index in [0.29, 0.717) is 18.1 Å². The molecule has 0 saturated heterocycles. The van der Waals surface area contributed by atoms with Crippen molar-refractivity contribution in [3.63, 3.8) is 0 Å². The number of anilines is 1. The van der Waals surface area contributed by atoms with Gasteiger partial charge in [-0.25, -0.2) is 9.78 Å². The van der Waals surface area contributed by atoms with Gasteiger partial charge in [-0.3, -0.25) is 9.36 Å². The summed E-state index contributed by atoms with van der Waals surface area (Å²) in [6.45, 7) is 0.339. The molecule has 0 bridgehead atoms. The number of pyridine rings is 2. The molecule has 2 aromatic carbocycles. The lowest BCUT2D eigenvalue weighted by atomic mass is 10.1. The Morgan fingerprint density at radius 3 is 2.54 bits per heavy atom. The summed E-state index contributed by atoms with van der Waals surface area (Å²) in [4.78, 5) is 28.2. The first-order valence-electron chi connectivity index (χ1n) is 8.75. The summed E-state index contributed by atoms with van der Waals surface area (Å²) < 4.78 is 1.49. The molecule has 6 heteroatoms. The molecule has 0 amide bonds. The van der Waals surface area contributed by atoms with Crippen molar-refractivity contribution in [2.45, 2.75) is 6.54 Å². The lowest BCUT2D eigenvalue weighted by molar-refractivity contribution is 0.0698. The molecule has 28 heavy (non-hydrogen) atoms. The topological polar surface area (TPSA) is 84.2 Å². The summed E-state index contributed by atoms with van der Waals surface area (Å²) in [5.41, 5.74) is 1.25. The second kappa shape index (κ2) is 7.36. The quantitative estimate of drug-likeness (QED) is 0.559. The van der Waals surface area contributed by atoms with Crippen molar-refractivity contribution in [3.8, 4) is 5.82 Å². The van der Waals surface area contributed by atoms with Crippen molar-refractivity contribution < 1.29 is 9.90 Å². The summed E-state index contributed by atoms with van der Waals surface area (Å²) >= 11 is 0. The van der Waals surface area contributed by atoms with Crippen LogP contribution in [0.2, 0.25) is 0 Å². The average Bonchev–Trinajstić information content (AvgIpc) is 2.72. The van der Waals surface area contributed by atoms with Crippen molar-refractivity contribution >= 4 is 22.4 Å². The summed E-state index contributed by atoms with van der Waals surface area (Å²) in [5, 5.41) is 14.3. The normalized spacial score (nSPS) is 10.7. The number of nitrogens with one attached hydrogen (secondary N) is 1. The van der Waals surface area contributed by atoms with E-state index in [1.807, 2.05) is 36.4 Å². The van der Waals surface area contributed by atoms with Crippen LogP contribution < -0.4 is 10.9 Å². The van der Waals surface area contributed by atoms with Crippen LogP contribution in [0.15, 0.2) is 83.9 Å². The van der Waals surface area contributed by atoms with Crippen LogP contribution in [0.5, 0.6) is 0 Å². The van der Waals surface area contributed by atoms with Gasteiger partial charge in [0.2, 0.25) is 0 Å². The first kappa shape index (κ1) is 17.5. The molecule has 6 nitrogen and oxygen atoms in total. The standard InChI is InChI=1S/C22H17N3O3/c26-21-11-15(13-23-19-8-4-3-7-18(19)22(27)28)9-10-25(21)20-12-16-5-1-2-6-17(16)14-24-20/h1-12,14,23H,13H2,(H,27,28). The molecule has 0 radical (unpaired) electrons. The van der Waals surface area contributed by atoms with Gasteiger partial charge in [0.1, 0.15) is 5.82 Å². The van der Waals surface area contributed by atoms with Gasteiger partial charge in [-0.15, -0.1) is 0 Å². The lowest BCUT2D eigenvalue weighted by Crippen LogP contribution is -2.19. The van der Waals surface area contributed by atoms with Crippen molar-refractivity contribution in [2.24, 2.45) is 0 Å². The van der Waals surface area contributed by atoms with Gasteiger partial charge in [0, 0.05) is 36.1 Å². The molecule has 4 rings (SSSR count). The van der Waals surface area contributed by atoms with Crippen LogP contribution in [0, 0.1) is 0 Å². The Bertz CT molecular complexity index is 1230. The van der Waals surface area contributed by atoms with Gasteiger partial charge >= 0.3 is 5.97 Å². The number of hydrogen-bond acceptors (Lipinski definition) is 4. The molecule has 4 aromatic rings. The zero-order valence-electron chi connectivity index (χ0n) is 14.9. The summed E-state index contributed by atoms with van der Waals surface area (Å²) in [7, 11) is 0. The number of carbonyl (C=O) groups is 1. The summed E-state index contributed by atoms with van der Waals surface area (Å²) in [5.74, 6) is -0.444. The van der Waals surface area contributed by atoms with Gasteiger partial charge in [0.05, 0.1) is 5.56 Å². The van der Waals surface area contributed by atoms with Gasteiger partial charge in [0.25, 0.3) is 5.56 Å². The fourth-order valence-corrected chi connectivity index (χ4v) is 3.04. The SMILES string of the molecule is O=C(O)c1ccccc1NCc1ccn(-c2cc3ccccc3cn2)c(=O)c1. The van der Waals surface area contributed by atoms with E-state index >= 15 is 0 Å². The molecule has 0 atom stereocenters. The molecule has 138 valence electrons. The fourth-order valence-electron chi connectivity index (χ4n) is 3.04. The van der Waals surface area contributed by atoms with Crippen molar-refractivity contribution in [2.75, 3.05) is 5.32 Å². The monoisotopic (exact) mass is 371 g/mol. The van der Waals surface area contributed by atoms with E-state index in [-0.39, 0.29) is 11.1 Å². The smallest absolute Gasteiger partial charge is 0.337 e. The van der Waals surface area contributed by atoms with E-state index in [1.165, 1.54) is 16.7 Å². The predicted molar refractivity (Wildman–Crippen MR) is 108 cm³/mol. The van der Waals surface area contributed by atoms with Crippen LogP contribution in [0.1, 0.15) is 15.9 Å². The first-order chi connectivity index (χ1) is 13.6. The minimum Gasteiger partial charge on any atom is -0.478 e. The minimum atomic E-state index is -0.999. The lowest BCUT2D eigenvalue weighted by Gasteiger charge is -2.11. The fraction of sp³-hybridized carbons (Fsp3) is 0.0455. The number of carboxylic acids is 1. The number of para-hydroxylation sites is 1.